The van der Waals surface area contributed by atoms with Crippen LogP contribution in [0.3, 0.4) is 0 Å². The smallest absolute Gasteiger partial charge is 0.234 e. The van der Waals surface area contributed by atoms with Gasteiger partial charge in [-0.15, -0.1) is 0 Å². The standard InChI is InChI=1S/C26H26FNO2/c27-23-15-13-20(14-16-23)18-28(19-24-12-7-17-30-24)26(29)25(21-8-3-1-4-9-21)22-10-5-2-6-11-22/h1-6,8-11,13-16,24-25H,7,12,17-19H2. The zero-order valence-electron chi connectivity index (χ0n) is 16.9. The molecule has 0 radical (unpaired) electrons. The Hall–Kier alpha value is -2.98. The van der Waals surface area contributed by atoms with E-state index < -0.39 is 5.92 Å². The Morgan fingerprint density at radius 1 is 0.933 bits per heavy atom. The molecule has 0 aliphatic carbocycles. The van der Waals surface area contributed by atoms with Crippen LogP contribution in [0.15, 0.2) is 84.9 Å². The van der Waals surface area contributed by atoms with Crippen molar-refractivity contribution in [3.05, 3.63) is 107 Å². The largest absolute Gasteiger partial charge is 0.376 e. The number of carbonyl (C=O) groups is 1. The van der Waals surface area contributed by atoms with E-state index in [2.05, 4.69) is 0 Å². The van der Waals surface area contributed by atoms with Crippen molar-refractivity contribution >= 4 is 5.91 Å². The SMILES string of the molecule is O=C(C(c1ccccc1)c1ccccc1)N(Cc1ccc(F)cc1)CC1CCCO1. The van der Waals surface area contributed by atoms with E-state index in [0.29, 0.717) is 13.1 Å². The fourth-order valence-electron chi connectivity index (χ4n) is 4.03. The lowest BCUT2D eigenvalue weighted by atomic mass is 9.89. The Kier molecular flexibility index (Phi) is 6.55. The van der Waals surface area contributed by atoms with E-state index in [-0.39, 0.29) is 17.8 Å². The summed E-state index contributed by atoms with van der Waals surface area (Å²) in [4.78, 5) is 15.8. The van der Waals surface area contributed by atoms with Crippen molar-refractivity contribution in [3.63, 3.8) is 0 Å². The highest BCUT2D eigenvalue weighted by Crippen LogP contribution is 2.28. The molecule has 0 bridgehead atoms. The molecule has 1 amide bonds. The van der Waals surface area contributed by atoms with Crippen molar-refractivity contribution in [1.82, 2.24) is 4.90 Å². The molecule has 1 atom stereocenters. The Bertz CT molecular complexity index is 898. The molecule has 1 aliphatic rings. The van der Waals surface area contributed by atoms with E-state index in [1.807, 2.05) is 65.6 Å². The molecular formula is C26H26FNO2. The van der Waals surface area contributed by atoms with Crippen LogP contribution in [0, 0.1) is 5.82 Å². The third-order valence-electron chi connectivity index (χ3n) is 5.56. The first-order valence-corrected chi connectivity index (χ1v) is 10.5. The molecule has 0 N–H and O–H groups in total. The summed E-state index contributed by atoms with van der Waals surface area (Å²) < 4.78 is 19.2. The van der Waals surface area contributed by atoms with Crippen LogP contribution >= 0.6 is 0 Å². The van der Waals surface area contributed by atoms with E-state index in [1.165, 1.54) is 12.1 Å². The molecule has 0 aromatic heterocycles. The second-order valence-corrected chi connectivity index (χ2v) is 7.73. The number of nitrogens with zero attached hydrogens (tertiary/aromatic N) is 1. The van der Waals surface area contributed by atoms with Crippen LogP contribution in [0.4, 0.5) is 4.39 Å². The molecule has 1 heterocycles. The summed E-state index contributed by atoms with van der Waals surface area (Å²) >= 11 is 0. The van der Waals surface area contributed by atoms with Gasteiger partial charge >= 0.3 is 0 Å². The summed E-state index contributed by atoms with van der Waals surface area (Å²) in [5.74, 6) is -0.635. The summed E-state index contributed by atoms with van der Waals surface area (Å²) in [5, 5.41) is 0. The van der Waals surface area contributed by atoms with Gasteiger partial charge in [-0.05, 0) is 41.7 Å². The van der Waals surface area contributed by atoms with Crippen molar-refractivity contribution < 1.29 is 13.9 Å². The molecule has 4 rings (SSSR count). The first-order valence-electron chi connectivity index (χ1n) is 10.5. The third-order valence-corrected chi connectivity index (χ3v) is 5.56. The minimum atomic E-state index is -0.394. The van der Waals surface area contributed by atoms with Gasteiger partial charge < -0.3 is 9.64 Å². The van der Waals surface area contributed by atoms with Crippen LogP contribution in [-0.4, -0.2) is 30.1 Å². The quantitative estimate of drug-likeness (QED) is 0.545. The highest BCUT2D eigenvalue weighted by Gasteiger charge is 2.30. The maximum absolute atomic E-state index is 13.9. The van der Waals surface area contributed by atoms with Crippen molar-refractivity contribution in [1.29, 1.82) is 0 Å². The first-order chi connectivity index (χ1) is 14.7. The molecule has 0 saturated carbocycles. The Balaban J connectivity index is 1.66. The maximum Gasteiger partial charge on any atom is 0.234 e. The summed E-state index contributed by atoms with van der Waals surface area (Å²) in [7, 11) is 0. The van der Waals surface area contributed by atoms with Crippen molar-refractivity contribution in [2.24, 2.45) is 0 Å². The number of hydrogen-bond donors (Lipinski definition) is 0. The van der Waals surface area contributed by atoms with Gasteiger partial charge in [-0.3, -0.25) is 4.79 Å². The van der Waals surface area contributed by atoms with Gasteiger partial charge in [0.05, 0.1) is 12.0 Å². The monoisotopic (exact) mass is 403 g/mol. The van der Waals surface area contributed by atoms with E-state index in [0.717, 1.165) is 36.1 Å². The number of ether oxygens (including phenoxy) is 1. The number of carbonyl (C=O) groups excluding carboxylic acids is 1. The van der Waals surface area contributed by atoms with Crippen LogP contribution in [-0.2, 0) is 16.1 Å². The normalized spacial score (nSPS) is 16.0. The molecule has 0 spiro atoms. The Labute approximate surface area is 177 Å². The first kappa shape index (κ1) is 20.3. The van der Waals surface area contributed by atoms with Crippen molar-refractivity contribution in [3.8, 4) is 0 Å². The van der Waals surface area contributed by atoms with Crippen LogP contribution in [0.5, 0.6) is 0 Å². The molecule has 3 aromatic carbocycles. The summed E-state index contributed by atoms with van der Waals surface area (Å²) in [6, 6.07) is 26.1. The fraction of sp³-hybridized carbons (Fsp3) is 0.269. The second-order valence-electron chi connectivity index (χ2n) is 7.73. The van der Waals surface area contributed by atoms with Crippen LogP contribution in [0.2, 0.25) is 0 Å². The molecule has 3 aromatic rings. The number of halogens is 1. The van der Waals surface area contributed by atoms with Gasteiger partial charge in [-0.25, -0.2) is 4.39 Å². The molecule has 1 unspecified atom stereocenters. The van der Waals surface area contributed by atoms with Crippen molar-refractivity contribution in [2.45, 2.75) is 31.4 Å². The molecule has 3 nitrogen and oxygen atoms in total. The number of rotatable bonds is 7. The van der Waals surface area contributed by atoms with Crippen LogP contribution in [0.1, 0.15) is 35.4 Å². The highest BCUT2D eigenvalue weighted by atomic mass is 19.1. The molecule has 30 heavy (non-hydrogen) atoms. The van der Waals surface area contributed by atoms with Crippen LogP contribution in [0.25, 0.3) is 0 Å². The highest BCUT2D eigenvalue weighted by molar-refractivity contribution is 5.87. The number of benzene rings is 3. The molecular weight excluding hydrogens is 377 g/mol. The minimum absolute atomic E-state index is 0.0345. The van der Waals surface area contributed by atoms with Gasteiger partial charge in [-0.1, -0.05) is 72.8 Å². The number of amides is 1. The molecule has 1 saturated heterocycles. The van der Waals surface area contributed by atoms with E-state index >= 15 is 0 Å². The lowest BCUT2D eigenvalue weighted by Crippen LogP contribution is -2.40. The van der Waals surface area contributed by atoms with Gasteiger partial charge in [0.2, 0.25) is 5.91 Å². The van der Waals surface area contributed by atoms with Crippen LogP contribution < -0.4 is 0 Å². The van der Waals surface area contributed by atoms with Gasteiger partial charge in [0.1, 0.15) is 5.82 Å². The lowest BCUT2D eigenvalue weighted by molar-refractivity contribution is -0.134. The average molecular weight is 403 g/mol. The average Bonchev–Trinajstić information content (AvgIpc) is 3.30. The second kappa shape index (κ2) is 9.68. The third kappa shape index (κ3) is 4.95. The summed E-state index contributed by atoms with van der Waals surface area (Å²) in [6.07, 6.45) is 2.01. The Morgan fingerprint density at radius 2 is 1.53 bits per heavy atom. The summed E-state index contributed by atoms with van der Waals surface area (Å²) in [5.41, 5.74) is 2.83. The zero-order valence-corrected chi connectivity index (χ0v) is 16.9. The number of hydrogen-bond acceptors (Lipinski definition) is 2. The predicted molar refractivity (Wildman–Crippen MR) is 116 cm³/mol. The fourth-order valence-corrected chi connectivity index (χ4v) is 4.03. The van der Waals surface area contributed by atoms with E-state index in [4.69, 9.17) is 4.74 Å². The van der Waals surface area contributed by atoms with E-state index in [1.54, 1.807) is 12.1 Å². The molecule has 4 heteroatoms. The summed E-state index contributed by atoms with van der Waals surface area (Å²) in [6.45, 7) is 1.70. The van der Waals surface area contributed by atoms with Crippen molar-refractivity contribution in [2.75, 3.05) is 13.2 Å². The molecule has 1 aliphatic heterocycles. The Morgan fingerprint density at radius 3 is 2.07 bits per heavy atom. The van der Waals surface area contributed by atoms with E-state index in [9.17, 15) is 9.18 Å². The molecule has 154 valence electrons. The lowest BCUT2D eigenvalue weighted by Gasteiger charge is -2.30. The van der Waals surface area contributed by atoms with Gasteiger partial charge in [-0.2, -0.15) is 0 Å². The molecule has 1 fully saturated rings. The zero-order chi connectivity index (χ0) is 20.8. The minimum Gasteiger partial charge on any atom is -0.376 e. The van der Waals surface area contributed by atoms with Gasteiger partial charge in [0.25, 0.3) is 0 Å². The topological polar surface area (TPSA) is 29.5 Å². The predicted octanol–water partition coefficient (Wildman–Crippen LogP) is 5.17. The van der Waals surface area contributed by atoms with Gasteiger partial charge in [0.15, 0.2) is 0 Å². The van der Waals surface area contributed by atoms with Gasteiger partial charge in [0, 0.05) is 19.7 Å². The maximum atomic E-state index is 13.9.